The quantitative estimate of drug-likeness (QED) is 0.927. The summed E-state index contributed by atoms with van der Waals surface area (Å²) in [5, 5.41) is 9.15. The van der Waals surface area contributed by atoms with E-state index in [4.69, 9.17) is 5.11 Å². The topological polar surface area (TPSA) is 62.5 Å². The summed E-state index contributed by atoms with van der Waals surface area (Å²) in [7, 11) is 0. The van der Waals surface area contributed by atoms with Crippen LogP contribution in [0.4, 0.5) is 0 Å². The molecule has 0 spiro atoms. The summed E-state index contributed by atoms with van der Waals surface area (Å²) in [5.41, 5.74) is 0.537. The highest BCUT2D eigenvalue weighted by Gasteiger charge is 2.35. The zero-order chi connectivity index (χ0) is 14.2. The molecule has 2 heterocycles. The molecule has 0 aliphatic carbocycles. The highest BCUT2D eigenvalue weighted by Crippen LogP contribution is 2.25. The lowest BCUT2D eigenvalue weighted by Gasteiger charge is -2.23. The van der Waals surface area contributed by atoms with Crippen molar-refractivity contribution in [2.45, 2.75) is 38.8 Å². The van der Waals surface area contributed by atoms with Crippen molar-refractivity contribution in [1.82, 2.24) is 9.47 Å². The molecule has 1 fully saturated rings. The largest absolute Gasteiger partial charge is 0.480 e. The van der Waals surface area contributed by atoms with Gasteiger partial charge in [-0.05, 0) is 48.7 Å². The normalized spacial score (nSPS) is 19.2. The smallest absolute Gasteiger partial charge is 0.326 e. The van der Waals surface area contributed by atoms with Crippen LogP contribution in [-0.4, -0.2) is 39.0 Å². The SMILES string of the molecule is CC(C)n1cc(Br)cc1C(=O)N1CCC[C@H]1C(=O)O. The molecule has 5 nitrogen and oxygen atoms in total. The molecule has 0 radical (unpaired) electrons. The van der Waals surface area contributed by atoms with E-state index in [-0.39, 0.29) is 11.9 Å². The van der Waals surface area contributed by atoms with Crippen LogP contribution in [0.5, 0.6) is 0 Å². The second kappa shape index (κ2) is 5.36. The third kappa shape index (κ3) is 2.68. The van der Waals surface area contributed by atoms with Gasteiger partial charge in [0, 0.05) is 23.3 Å². The lowest BCUT2D eigenvalue weighted by molar-refractivity contribution is -0.141. The number of likely N-dealkylation sites (tertiary alicyclic amines) is 1. The van der Waals surface area contributed by atoms with E-state index in [1.807, 2.05) is 24.6 Å². The van der Waals surface area contributed by atoms with Crippen LogP contribution in [0.3, 0.4) is 0 Å². The van der Waals surface area contributed by atoms with Crippen LogP contribution < -0.4 is 0 Å². The van der Waals surface area contributed by atoms with Crippen molar-refractivity contribution >= 4 is 27.8 Å². The number of carboxylic acids is 1. The third-order valence-electron chi connectivity index (χ3n) is 3.39. The average Bonchev–Trinajstić information content (AvgIpc) is 2.93. The van der Waals surface area contributed by atoms with Crippen LogP contribution in [0.25, 0.3) is 0 Å². The summed E-state index contributed by atoms with van der Waals surface area (Å²) >= 11 is 3.36. The maximum atomic E-state index is 12.5. The molecule has 1 atom stereocenters. The van der Waals surface area contributed by atoms with Crippen molar-refractivity contribution in [3.8, 4) is 0 Å². The fraction of sp³-hybridized carbons (Fsp3) is 0.538. The van der Waals surface area contributed by atoms with E-state index in [1.165, 1.54) is 4.90 Å². The van der Waals surface area contributed by atoms with E-state index < -0.39 is 12.0 Å². The number of hydrogen-bond donors (Lipinski definition) is 1. The standard InChI is InChI=1S/C13H17BrN2O3/c1-8(2)16-7-9(14)6-11(16)12(17)15-5-3-4-10(15)13(18)19/h6-8,10H,3-5H2,1-2H3,(H,18,19)/t10-/m0/s1. The van der Waals surface area contributed by atoms with Crippen molar-refractivity contribution in [1.29, 1.82) is 0 Å². The Hall–Kier alpha value is -1.30. The van der Waals surface area contributed by atoms with Gasteiger partial charge in [-0.15, -0.1) is 0 Å². The van der Waals surface area contributed by atoms with Crippen LogP contribution in [0.15, 0.2) is 16.7 Å². The zero-order valence-electron chi connectivity index (χ0n) is 11.0. The maximum absolute atomic E-state index is 12.5. The second-order valence-electron chi connectivity index (χ2n) is 5.04. The summed E-state index contributed by atoms with van der Waals surface area (Å²) in [6, 6.07) is 1.21. The van der Waals surface area contributed by atoms with Crippen LogP contribution >= 0.6 is 15.9 Å². The van der Waals surface area contributed by atoms with E-state index in [9.17, 15) is 9.59 Å². The van der Waals surface area contributed by atoms with Gasteiger partial charge in [0.1, 0.15) is 11.7 Å². The fourth-order valence-electron chi connectivity index (χ4n) is 2.46. The number of carboxylic acid groups (broad SMARTS) is 1. The summed E-state index contributed by atoms with van der Waals surface area (Å²) in [5.74, 6) is -1.13. The molecule has 2 rings (SSSR count). The minimum atomic E-state index is -0.924. The molecule has 1 aliphatic heterocycles. The first kappa shape index (κ1) is 14.1. The van der Waals surface area contributed by atoms with Crippen molar-refractivity contribution in [3.63, 3.8) is 0 Å². The van der Waals surface area contributed by atoms with Gasteiger partial charge in [0.2, 0.25) is 0 Å². The minimum absolute atomic E-state index is 0.149. The number of carbonyl (C=O) groups excluding carboxylic acids is 1. The molecule has 1 N–H and O–H groups in total. The zero-order valence-corrected chi connectivity index (χ0v) is 12.6. The van der Waals surface area contributed by atoms with Gasteiger partial charge in [0.25, 0.3) is 5.91 Å². The summed E-state index contributed by atoms with van der Waals surface area (Å²) < 4.78 is 2.69. The second-order valence-corrected chi connectivity index (χ2v) is 5.96. The predicted molar refractivity (Wildman–Crippen MR) is 74.2 cm³/mol. The highest BCUT2D eigenvalue weighted by atomic mass is 79.9. The molecule has 1 aromatic rings. The van der Waals surface area contributed by atoms with E-state index in [0.717, 1.165) is 10.9 Å². The van der Waals surface area contributed by atoms with Gasteiger partial charge < -0.3 is 14.6 Å². The number of hydrogen-bond acceptors (Lipinski definition) is 2. The van der Waals surface area contributed by atoms with Crippen LogP contribution in [0.1, 0.15) is 43.2 Å². The van der Waals surface area contributed by atoms with Gasteiger partial charge in [-0.3, -0.25) is 4.79 Å². The molecular weight excluding hydrogens is 312 g/mol. The van der Waals surface area contributed by atoms with Gasteiger partial charge >= 0.3 is 5.97 Å². The molecule has 1 aromatic heterocycles. The van der Waals surface area contributed by atoms with E-state index in [1.54, 1.807) is 6.07 Å². The Bertz CT molecular complexity index is 510. The summed E-state index contributed by atoms with van der Waals surface area (Å²) in [6.45, 7) is 4.49. The Balaban J connectivity index is 2.31. The maximum Gasteiger partial charge on any atom is 0.326 e. The van der Waals surface area contributed by atoms with Crippen LogP contribution in [-0.2, 0) is 4.79 Å². The number of rotatable bonds is 3. The van der Waals surface area contributed by atoms with Crippen molar-refractivity contribution in [3.05, 3.63) is 22.4 Å². The monoisotopic (exact) mass is 328 g/mol. The van der Waals surface area contributed by atoms with E-state index in [2.05, 4.69) is 15.9 Å². The lowest BCUT2D eigenvalue weighted by atomic mass is 10.2. The third-order valence-corrected chi connectivity index (χ3v) is 3.82. The van der Waals surface area contributed by atoms with E-state index >= 15 is 0 Å². The van der Waals surface area contributed by atoms with Gasteiger partial charge in [-0.2, -0.15) is 0 Å². The molecular formula is C13H17BrN2O3. The number of carbonyl (C=O) groups is 2. The number of nitrogens with zero attached hydrogens (tertiary/aromatic N) is 2. The first-order valence-electron chi connectivity index (χ1n) is 6.33. The molecule has 19 heavy (non-hydrogen) atoms. The number of aromatic nitrogens is 1. The van der Waals surface area contributed by atoms with Crippen LogP contribution in [0.2, 0.25) is 0 Å². The molecule has 0 bridgehead atoms. The molecule has 1 amide bonds. The molecule has 0 aromatic carbocycles. The van der Waals surface area contributed by atoms with Gasteiger partial charge in [-0.1, -0.05) is 0 Å². The lowest BCUT2D eigenvalue weighted by Crippen LogP contribution is -2.41. The first-order chi connectivity index (χ1) is 8.91. The van der Waals surface area contributed by atoms with Gasteiger partial charge in [0.05, 0.1) is 0 Å². The summed E-state index contributed by atoms with van der Waals surface area (Å²) in [4.78, 5) is 25.1. The van der Waals surface area contributed by atoms with Crippen molar-refractivity contribution < 1.29 is 14.7 Å². The Morgan fingerprint density at radius 2 is 2.16 bits per heavy atom. The highest BCUT2D eigenvalue weighted by molar-refractivity contribution is 9.10. The summed E-state index contributed by atoms with van der Waals surface area (Å²) in [6.07, 6.45) is 3.13. The van der Waals surface area contributed by atoms with Crippen LogP contribution in [0, 0.1) is 0 Å². The molecule has 1 saturated heterocycles. The molecule has 6 heteroatoms. The van der Waals surface area contributed by atoms with Crippen molar-refractivity contribution in [2.24, 2.45) is 0 Å². The Morgan fingerprint density at radius 1 is 1.47 bits per heavy atom. The van der Waals surface area contributed by atoms with Crippen molar-refractivity contribution in [2.75, 3.05) is 6.54 Å². The molecule has 1 aliphatic rings. The molecule has 0 saturated carbocycles. The van der Waals surface area contributed by atoms with Gasteiger partial charge in [-0.25, -0.2) is 4.79 Å². The number of halogens is 1. The number of aliphatic carboxylic acids is 1. The molecule has 104 valence electrons. The Kier molecular flexibility index (Phi) is 3.99. The Labute approximate surface area is 120 Å². The van der Waals surface area contributed by atoms with E-state index in [0.29, 0.717) is 18.7 Å². The average molecular weight is 329 g/mol. The fourth-order valence-corrected chi connectivity index (χ4v) is 2.90. The predicted octanol–water partition coefficient (Wildman–Crippen LogP) is 2.52. The Morgan fingerprint density at radius 3 is 2.74 bits per heavy atom. The van der Waals surface area contributed by atoms with Gasteiger partial charge in [0.15, 0.2) is 0 Å². The minimum Gasteiger partial charge on any atom is -0.480 e. The number of amides is 1. The molecule has 0 unspecified atom stereocenters. The first-order valence-corrected chi connectivity index (χ1v) is 7.12.